The van der Waals surface area contributed by atoms with E-state index in [0.717, 1.165) is 18.4 Å². The minimum absolute atomic E-state index is 0.0307. The molecule has 0 atom stereocenters. The normalized spacial score (nSPS) is 13.2. The summed E-state index contributed by atoms with van der Waals surface area (Å²) in [6, 6.07) is 10.4. The summed E-state index contributed by atoms with van der Waals surface area (Å²) in [6.45, 7) is 4.26. The molecule has 2 heterocycles. The van der Waals surface area contributed by atoms with Gasteiger partial charge in [-0.05, 0) is 49.4 Å². The van der Waals surface area contributed by atoms with Crippen molar-refractivity contribution in [1.82, 2.24) is 19.9 Å². The fourth-order valence-corrected chi connectivity index (χ4v) is 4.22. The lowest BCUT2D eigenvalue weighted by atomic mass is 9.94. The summed E-state index contributed by atoms with van der Waals surface area (Å²) < 4.78 is 16.1. The Labute approximate surface area is 214 Å². The van der Waals surface area contributed by atoms with E-state index in [-0.39, 0.29) is 28.9 Å². The lowest BCUT2D eigenvalue weighted by Gasteiger charge is -2.26. The number of carbonyl (C=O) groups excluding carboxylic acids is 1. The zero-order valence-electron chi connectivity index (χ0n) is 20.9. The Morgan fingerprint density at radius 3 is 2.65 bits per heavy atom. The van der Waals surface area contributed by atoms with Crippen molar-refractivity contribution in [3.8, 4) is 17.3 Å². The number of nitriles is 1. The molecule has 1 aliphatic carbocycles. The van der Waals surface area contributed by atoms with E-state index in [0.29, 0.717) is 36.7 Å². The Balaban J connectivity index is 1.53. The minimum atomic E-state index is -0.989. The largest absolute Gasteiger partial charge is 0.310 e. The van der Waals surface area contributed by atoms with E-state index >= 15 is 0 Å². The number of halogens is 1. The number of hydrogen-bond donors (Lipinski definition) is 2. The lowest BCUT2D eigenvalue weighted by Crippen LogP contribution is -2.38. The maximum Gasteiger partial charge on any atom is 0.251 e. The number of ketones is 1. The van der Waals surface area contributed by atoms with Crippen molar-refractivity contribution >= 4 is 11.5 Å². The van der Waals surface area contributed by atoms with Gasteiger partial charge in [-0.15, -0.1) is 0 Å². The highest BCUT2D eigenvalue weighted by Crippen LogP contribution is 2.25. The Morgan fingerprint density at radius 2 is 2.00 bits per heavy atom. The predicted octanol–water partition coefficient (Wildman–Crippen LogP) is 4.38. The number of aromatic nitrogens is 3. The van der Waals surface area contributed by atoms with Gasteiger partial charge < -0.3 is 10.7 Å². The summed E-state index contributed by atoms with van der Waals surface area (Å²) in [5, 5.41) is 21.4. The molecule has 190 valence electrons. The third kappa shape index (κ3) is 5.70. The van der Waals surface area contributed by atoms with Crippen molar-refractivity contribution in [2.45, 2.75) is 64.1 Å². The molecule has 0 spiro atoms. The molecule has 0 amide bonds. The highest BCUT2D eigenvalue weighted by Gasteiger charge is 2.29. The SMILES string of the molecule is CCC(C#N)(CC)n1cc(-c2cncc(C(=O)CC(=N)c3ccc(CNC4CC4)cc3F)n2)ccc1=O. The zero-order chi connectivity index (χ0) is 26.6. The van der Waals surface area contributed by atoms with Crippen LogP contribution in [-0.4, -0.2) is 32.1 Å². The summed E-state index contributed by atoms with van der Waals surface area (Å²) in [6.07, 6.45) is 7.17. The molecular formula is C28H29FN6O2. The van der Waals surface area contributed by atoms with Gasteiger partial charge in [-0.3, -0.25) is 19.1 Å². The van der Waals surface area contributed by atoms with Crippen molar-refractivity contribution in [1.29, 1.82) is 10.7 Å². The average Bonchev–Trinajstić information content (AvgIpc) is 3.74. The molecule has 1 fully saturated rings. The summed E-state index contributed by atoms with van der Waals surface area (Å²) in [5.41, 5.74) is 0.335. The molecule has 4 rings (SSSR count). The number of hydrogen-bond acceptors (Lipinski definition) is 7. The van der Waals surface area contributed by atoms with Gasteiger partial charge in [0.05, 0.1) is 30.6 Å². The number of nitrogens with zero attached hydrogens (tertiary/aromatic N) is 4. The number of Topliss-reactive ketones (excluding diaryl/α,β-unsaturated/α-hetero) is 1. The standard InChI is InChI=1S/C28H29FN6O2/c1-3-28(4-2,17-30)35-16-19(6-10-27(35)37)24-14-32-15-25(34-24)26(36)12-23(31)21-9-5-18(11-22(21)29)13-33-20-7-8-20/h5-6,9-11,14-16,20,31,33H,3-4,7-8,12-13H2,1-2H3. The monoisotopic (exact) mass is 500 g/mol. The quantitative estimate of drug-likeness (QED) is 0.297. The minimum Gasteiger partial charge on any atom is -0.310 e. The molecule has 2 aromatic heterocycles. The smallest absolute Gasteiger partial charge is 0.251 e. The molecule has 0 unspecified atom stereocenters. The van der Waals surface area contributed by atoms with Crippen LogP contribution in [0.2, 0.25) is 0 Å². The second-order valence-electron chi connectivity index (χ2n) is 9.31. The first-order valence-electron chi connectivity index (χ1n) is 12.4. The van der Waals surface area contributed by atoms with Crippen LogP contribution >= 0.6 is 0 Å². The Hall–Kier alpha value is -4.03. The van der Waals surface area contributed by atoms with E-state index in [2.05, 4.69) is 21.4 Å². The van der Waals surface area contributed by atoms with Crippen LogP contribution in [0.15, 0.2) is 53.7 Å². The van der Waals surface area contributed by atoms with E-state index in [1.54, 1.807) is 18.3 Å². The van der Waals surface area contributed by atoms with Gasteiger partial charge >= 0.3 is 0 Å². The molecule has 0 saturated heterocycles. The first-order chi connectivity index (χ1) is 17.8. The van der Waals surface area contributed by atoms with Crippen molar-refractivity contribution in [3.63, 3.8) is 0 Å². The Bertz CT molecular complexity index is 1430. The second kappa shape index (κ2) is 10.9. The molecule has 0 bridgehead atoms. The van der Waals surface area contributed by atoms with Gasteiger partial charge in [0.25, 0.3) is 5.56 Å². The van der Waals surface area contributed by atoms with E-state index < -0.39 is 17.1 Å². The van der Waals surface area contributed by atoms with E-state index in [1.165, 1.54) is 35.2 Å². The molecule has 1 aromatic carbocycles. The number of pyridine rings is 1. The first kappa shape index (κ1) is 26.0. The number of rotatable bonds is 11. The van der Waals surface area contributed by atoms with Gasteiger partial charge in [-0.1, -0.05) is 19.9 Å². The molecule has 1 aliphatic rings. The van der Waals surface area contributed by atoms with Crippen LogP contribution in [0.25, 0.3) is 11.3 Å². The molecule has 2 N–H and O–H groups in total. The van der Waals surface area contributed by atoms with Crippen LogP contribution in [0.5, 0.6) is 0 Å². The van der Waals surface area contributed by atoms with Crippen molar-refractivity contribution < 1.29 is 9.18 Å². The Morgan fingerprint density at radius 1 is 1.24 bits per heavy atom. The molecule has 1 saturated carbocycles. The van der Waals surface area contributed by atoms with Crippen LogP contribution in [-0.2, 0) is 12.1 Å². The Kier molecular flexibility index (Phi) is 7.69. The second-order valence-corrected chi connectivity index (χ2v) is 9.31. The van der Waals surface area contributed by atoms with Crippen molar-refractivity contribution in [2.75, 3.05) is 0 Å². The first-order valence-corrected chi connectivity index (χ1v) is 12.4. The molecular weight excluding hydrogens is 471 g/mol. The third-order valence-electron chi connectivity index (χ3n) is 6.83. The molecule has 8 nitrogen and oxygen atoms in total. The highest BCUT2D eigenvalue weighted by molar-refractivity contribution is 6.14. The van der Waals surface area contributed by atoms with Gasteiger partial charge in [-0.2, -0.15) is 5.26 Å². The number of benzene rings is 1. The van der Waals surface area contributed by atoms with E-state index in [1.807, 2.05) is 13.8 Å². The highest BCUT2D eigenvalue weighted by atomic mass is 19.1. The average molecular weight is 501 g/mol. The summed E-state index contributed by atoms with van der Waals surface area (Å²) in [7, 11) is 0. The molecule has 3 aromatic rings. The summed E-state index contributed by atoms with van der Waals surface area (Å²) in [5.74, 6) is -1.01. The van der Waals surface area contributed by atoms with Crippen LogP contribution in [0.1, 0.15) is 67.6 Å². The van der Waals surface area contributed by atoms with E-state index in [9.17, 15) is 19.2 Å². The van der Waals surface area contributed by atoms with Crippen LogP contribution in [0.4, 0.5) is 4.39 Å². The summed E-state index contributed by atoms with van der Waals surface area (Å²) in [4.78, 5) is 34.0. The fraction of sp³-hybridized carbons (Fsp3) is 0.357. The van der Waals surface area contributed by atoms with Crippen LogP contribution in [0, 0.1) is 22.6 Å². The predicted molar refractivity (Wildman–Crippen MR) is 138 cm³/mol. The lowest BCUT2D eigenvalue weighted by molar-refractivity contribution is 0.0995. The van der Waals surface area contributed by atoms with Gasteiger partial charge in [0.2, 0.25) is 0 Å². The van der Waals surface area contributed by atoms with Crippen LogP contribution < -0.4 is 10.9 Å². The number of nitrogens with one attached hydrogen (secondary N) is 2. The van der Waals surface area contributed by atoms with Crippen LogP contribution in [0.3, 0.4) is 0 Å². The van der Waals surface area contributed by atoms with Gasteiger partial charge in [0.1, 0.15) is 17.1 Å². The van der Waals surface area contributed by atoms with Gasteiger partial charge in [0.15, 0.2) is 5.78 Å². The van der Waals surface area contributed by atoms with Crippen molar-refractivity contribution in [2.24, 2.45) is 0 Å². The fourth-order valence-electron chi connectivity index (χ4n) is 4.22. The molecule has 0 radical (unpaired) electrons. The summed E-state index contributed by atoms with van der Waals surface area (Å²) >= 11 is 0. The third-order valence-corrected chi connectivity index (χ3v) is 6.83. The molecule has 9 heteroatoms. The zero-order valence-corrected chi connectivity index (χ0v) is 20.9. The molecule has 0 aliphatic heterocycles. The number of carbonyl (C=O) groups is 1. The maximum atomic E-state index is 14.7. The van der Waals surface area contributed by atoms with Crippen molar-refractivity contribution in [3.05, 3.63) is 81.9 Å². The topological polar surface area (TPSA) is 125 Å². The maximum absolute atomic E-state index is 14.7. The molecule has 37 heavy (non-hydrogen) atoms. The van der Waals surface area contributed by atoms with E-state index in [4.69, 9.17) is 5.41 Å². The van der Waals surface area contributed by atoms with Gasteiger partial charge in [0, 0.05) is 41.7 Å². The van der Waals surface area contributed by atoms with Gasteiger partial charge in [-0.25, -0.2) is 9.37 Å².